The highest BCUT2D eigenvalue weighted by atomic mass is 16.2. The molecule has 0 spiro atoms. The molecule has 2 unspecified atom stereocenters. The van der Waals surface area contributed by atoms with Crippen molar-refractivity contribution in [3.63, 3.8) is 0 Å². The van der Waals surface area contributed by atoms with Crippen LogP contribution in [-0.2, 0) is 19.2 Å². The Morgan fingerprint density at radius 3 is 1.66 bits per heavy atom. The van der Waals surface area contributed by atoms with Gasteiger partial charge in [0.1, 0.15) is 6.04 Å². The molecule has 9 heteroatoms. The van der Waals surface area contributed by atoms with E-state index in [1.54, 1.807) is 20.9 Å². The van der Waals surface area contributed by atoms with Gasteiger partial charge in [-0.25, -0.2) is 0 Å². The molecule has 0 bridgehead atoms. The molecule has 0 radical (unpaired) electrons. The molecule has 8 N–H and O–H groups in total. The summed E-state index contributed by atoms with van der Waals surface area (Å²) < 4.78 is 0. The summed E-state index contributed by atoms with van der Waals surface area (Å²) in [6.07, 6.45) is 1.52. The lowest BCUT2D eigenvalue weighted by molar-refractivity contribution is -0.137. The van der Waals surface area contributed by atoms with Gasteiger partial charge in [-0.1, -0.05) is 55.4 Å². The van der Waals surface area contributed by atoms with Gasteiger partial charge in [-0.15, -0.1) is 0 Å². The average Bonchev–Trinajstić information content (AvgIpc) is 2.53. The Kier molecular flexibility index (Phi) is 9.92. The highest BCUT2D eigenvalue weighted by Gasteiger charge is 2.43. The van der Waals surface area contributed by atoms with Gasteiger partial charge in [0.2, 0.25) is 23.6 Å². The van der Waals surface area contributed by atoms with E-state index in [1.807, 2.05) is 41.5 Å². The van der Waals surface area contributed by atoms with Gasteiger partial charge in [0, 0.05) is 11.8 Å². The number of rotatable bonds is 14. The molecule has 2 atom stereocenters. The Balaban J connectivity index is 5.56. The van der Waals surface area contributed by atoms with E-state index in [2.05, 4.69) is 10.6 Å². The quantitative estimate of drug-likeness (QED) is 0.264. The summed E-state index contributed by atoms with van der Waals surface area (Å²) in [5, 5.41) is 5.75. The molecule has 0 heterocycles. The van der Waals surface area contributed by atoms with Gasteiger partial charge in [0.15, 0.2) is 0 Å². The second kappa shape index (κ2) is 10.6. The third kappa shape index (κ3) is 9.54. The van der Waals surface area contributed by atoms with E-state index in [1.165, 1.54) is 0 Å². The van der Waals surface area contributed by atoms with Gasteiger partial charge in [-0.05, 0) is 42.6 Å². The molecule has 4 amide bonds. The highest BCUT2D eigenvalue weighted by molar-refractivity contribution is 5.89. The Morgan fingerprint density at radius 1 is 0.781 bits per heavy atom. The standard InChI is InChI=1S/C23H45N5O4/c1-20(2,10-14(27-9)17(25)30)13-23(7,8)19(32)28-16(18(26)31)22(5,6)12-21(3,4)11-15(24)29/h14,16,27H,10-13H2,1-9H3,(H2,24,29)(H2,25,30)(H2,26,31)(H,28,32). The van der Waals surface area contributed by atoms with E-state index in [0.717, 1.165) is 0 Å². The van der Waals surface area contributed by atoms with Gasteiger partial charge in [-0.2, -0.15) is 0 Å². The van der Waals surface area contributed by atoms with Crippen molar-refractivity contribution in [1.29, 1.82) is 0 Å². The summed E-state index contributed by atoms with van der Waals surface area (Å²) >= 11 is 0. The van der Waals surface area contributed by atoms with Gasteiger partial charge in [-0.3, -0.25) is 19.2 Å². The molecule has 32 heavy (non-hydrogen) atoms. The first-order chi connectivity index (χ1) is 14.2. The van der Waals surface area contributed by atoms with Crippen LogP contribution in [0.2, 0.25) is 0 Å². The maximum atomic E-state index is 13.2. The molecule has 0 aliphatic heterocycles. The third-order valence-electron chi connectivity index (χ3n) is 5.91. The van der Waals surface area contributed by atoms with Crippen LogP contribution < -0.4 is 27.8 Å². The maximum absolute atomic E-state index is 13.2. The summed E-state index contributed by atoms with van der Waals surface area (Å²) in [5.74, 6) is -1.82. The fraction of sp³-hybridized carbons (Fsp3) is 0.826. The number of primary amides is 3. The van der Waals surface area contributed by atoms with Crippen molar-refractivity contribution in [2.45, 2.75) is 93.2 Å². The lowest BCUT2D eigenvalue weighted by Crippen LogP contribution is -2.57. The molecule has 0 aromatic carbocycles. The Hall–Kier alpha value is -2.16. The number of nitrogens with two attached hydrogens (primary N) is 3. The fourth-order valence-corrected chi connectivity index (χ4v) is 5.09. The lowest BCUT2D eigenvalue weighted by atomic mass is 9.68. The molecule has 0 aliphatic carbocycles. The van der Waals surface area contributed by atoms with Crippen LogP contribution in [0, 0.1) is 21.7 Å². The zero-order chi connectivity index (χ0) is 25.7. The predicted molar refractivity (Wildman–Crippen MR) is 126 cm³/mol. The molecule has 0 aliphatic rings. The van der Waals surface area contributed by atoms with Crippen LogP contribution in [0.4, 0.5) is 0 Å². The fourth-order valence-electron chi connectivity index (χ4n) is 5.09. The molecule has 0 rings (SSSR count). The summed E-state index contributed by atoms with van der Waals surface area (Å²) in [6, 6.07) is -1.44. The molecular formula is C23H45N5O4. The number of hydrogen-bond donors (Lipinski definition) is 5. The minimum atomic E-state index is -0.930. The van der Waals surface area contributed by atoms with Gasteiger partial charge >= 0.3 is 0 Å². The number of carbonyl (C=O) groups excluding carboxylic acids is 4. The van der Waals surface area contributed by atoms with Crippen molar-refractivity contribution in [1.82, 2.24) is 10.6 Å². The normalized spacial score (nSPS) is 15.0. The maximum Gasteiger partial charge on any atom is 0.240 e. The summed E-state index contributed by atoms with van der Waals surface area (Å²) in [5.41, 5.74) is 14.1. The van der Waals surface area contributed by atoms with Gasteiger partial charge in [0.25, 0.3) is 0 Å². The first-order valence-electron chi connectivity index (χ1n) is 11.0. The smallest absolute Gasteiger partial charge is 0.240 e. The van der Waals surface area contributed by atoms with Gasteiger partial charge in [0.05, 0.1) is 6.04 Å². The predicted octanol–water partition coefficient (Wildman–Crippen LogP) is 1.18. The number of hydrogen-bond acceptors (Lipinski definition) is 5. The monoisotopic (exact) mass is 455 g/mol. The number of carbonyl (C=O) groups is 4. The molecular weight excluding hydrogens is 410 g/mol. The molecule has 0 fully saturated rings. The van der Waals surface area contributed by atoms with E-state index >= 15 is 0 Å². The Morgan fingerprint density at radius 2 is 1.28 bits per heavy atom. The van der Waals surface area contributed by atoms with Crippen molar-refractivity contribution >= 4 is 23.6 Å². The van der Waals surface area contributed by atoms with E-state index in [-0.39, 0.29) is 17.7 Å². The molecule has 0 saturated carbocycles. The van der Waals surface area contributed by atoms with Crippen LogP contribution in [-0.4, -0.2) is 42.8 Å². The second-order valence-electron chi connectivity index (χ2n) is 12.0. The van der Waals surface area contributed by atoms with Crippen molar-refractivity contribution in [3.05, 3.63) is 0 Å². The van der Waals surface area contributed by atoms with Crippen LogP contribution in [0.1, 0.15) is 81.1 Å². The third-order valence-corrected chi connectivity index (χ3v) is 5.91. The molecule has 186 valence electrons. The molecule has 0 saturated heterocycles. The number of likely N-dealkylation sites (N-methyl/N-ethyl adjacent to an activating group) is 1. The first-order valence-corrected chi connectivity index (χ1v) is 11.0. The second-order valence-corrected chi connectivity index (χ2v) is 12.0. The van der Waals surface area contributed by atoms with Crippen LogP contribution in [0.15, 0.2) is 0 Å². The largest absolute Gasteiger partial charge is 0.370 e. The van der Waals surface area contributed by atoms with E-state index in [0.29, 0.717) is 19.3 Å². The van der Waals surface area contributed by atoms with E-state index < -0.39 is 46.1 Å². The topological polar surface area (TPSA) is 170 Å². The SMILES string of the molecule is CNC(CC(C)(C)CC(C)(C)C(=O)NC(C(N)=O)C(C)(C)CC(C)(C)CC(N)=O)C(N)=O. The van der Waals surface area contributed by atoms with Crippen molar-refractivity contribution in [2.24, 2.45) is 38.9 Å². The zero-order valence-corrected chi connectivity index (χ0v) is 21.3. The number of amides is 4. The molecule has 9 nitrogen and oxygen atoms in total. The summed E-state index contributed by atoms with van der Waals surface area (Å²) in [4.78, 5) is 48.6. The minimum absolute atomic E-state index is 0.155. The molecule has 0 aromatic rings. The first kappa shape index (κ1) is 29.8. The number of nitrogens with one attached hydrogen (secondary N) is 2. The Bertz CT molecular complexity index is 713. The average molecular weight is 456 g/mol. The van der Waals surface area contributed by atoms with Gasteiger partial charge < -0.3 is 27.8 Å². The minimum Gasteiger partial charge on any atom is -0.370 e. The molecule has 0 aromatic heterocycles. The van der Waals surface area contributed by atoms with Crippen molar-refractivity contribution in [3.8, 4) is 0 Å². The summed E-state index contributed by atoms with van der Waals surface area (Å²) in [7, 11) is 1.67. The van der Waals surface area contributed by atoms with Crippen molar-refractivity contribution in [2.75, 3.05) is 7.05 Å². The summed E-state index contributed by atoms with van der Waals surface area (Å²) in [6.45, 7) is 15.0. The Labute approximate surface area is 193 Å². The highest BCUT2D eigenvalue weighted by Crippen LogP contribution is 2.40. The van der Waals surface area contributed by atoms with Crippen LogP contribution in [0.25, 0.3) is 0 Å². The van der Waals surface area contributed by atoms with E-state index in [4.69, 9.17) is 17.2 Å². The van der Waals surface area contributed by atoms with Crippen LogP contribution in [0.5, 0.6) is 0 Å². The zero-order valence-electron chi connectivity index (χ0n) is 21.3. The van der Waals surface area contributed by atoms with Crippen LogP contribution >= 0.6 is 0 Å². The van der Waals surface area contributed by atoms with Crippen LogP contribution in [0.3, 0.4) is 0 Å². The lowest BCUT2D eigenvalue weighted by Gasteiger charge is -2.41. The van der Waals surface area contributed by atoms with Crippen molar-refractivity contribution < 1.29 is 19.2 Å². The van der Waals surface area contributed by atoms with E-state index in [9.17, 15) is 19.2 Å².